The summed E-state index contributed by atoms with van der Waals surface area (Å²) in [6.07, 6.45) is 4.86. The van der Waals surface area contributed by atoms with Gasteiger partial charge in [-0.25, -0.2) is 0 Å². The number of benzene rings is 1. The fourth-order valence-corrected chi connectivity index (χ4v) is 3.12. The van der Waals surface area contributed by atoms with Gasteiger partial charge in [0.1, 0.15) is 0 Å². The maximum absolute atomic E-state index is 12.5. The molecule has 1 aromatic carbocycles. The molecule has 1 fully saturated rings. The second-order valence-corrected chi connectivity index (χ2v) is 6.57. The molecule has 0 spiro atoms. The summed E-state index contributed by atoms with van der Waals surface area (Å²) in [7, 11) is 1.39. The average Bonchev–Trinajstić information content (AvgIpc) is 2.53. The summed E-state index contributed by atoms with van der Waals surface area (Å²) in [4.78, 5) is 23.6. The second-order valence-electron chi connectivity index (χ2n) is 6.57. The zero-order chi connectivity index (χ0) is 16.9. The summed E-state index contributed by atoms with van der Waals surface area (Å²) in [5.74, 6) is -0.367. The molecule has 1 aliphatic rings. The molecule has 0 aromatic heterocycles. The van der Waals surface area contributed by atoms with Crippen molar-refractivity contribution in [3.05, 3.63) is 29.8 Å². The van der Waals surface area contributed by atoms with Crippen molar-refractivity contribution in [2.45, 2.75) is 51.0 Å². The van der Waals surface area contributed by atoms with Gasteiger partial charge in [-0.05, 0) is 43.9 Å². The van der Waals surface area contributed by atoms with E-state index in [0.29, 0.717) is 12.8 Å². The number of hydrogen-bond acceptors (Lipinski definition) is 4. The number of esters is 1. The van der Waals surface area contributed by atoms with E-state index >= 15 is 0 Å². The molecule has 0 radical (unpaired) electrons. The first-order chi connectivity index (χ1) is 10.9. The van der Waals surface area contributed by atoms with E-state index in [-0.39, 0.29) is 17.8 Å². The topological polar surface area (TPSA) is 81.4 Å². The lowest BCUT2D eigenvalue weighted by atomic mass is 9.74. The van der Waals surface area contributed by atoms with Crippen molar-refractivity contribution in [3.8, 4) is 0 Å². The maximum atomic E-state index is 12.5. The number of amides is 1. The second kappa shape index (κ2) is 7.59. The van der Waals surface area contributed by atoms with Crippen LogP contribution in [0.5, 0.6) is 0 Å². The number of nitrogens with two attached hydrogens (primary N) is 1. The fraction of sp³-hybridized carbons (Fsp3) is 0.556. The van der Waals surface area contributed by atoms with Crippen LogP contribution in [0.25, 0.3) is 0 Å². The van der Waals surface area contributed by atoms with Gasteiger partial charge in [-0.2, -0.15) is 0 Å². The number of anilines is 1. The van der Waals surface area contributed by atoms with E-state index < -0.39 is 5.54 Å². The summed E-state index contributed by atoms with van der Waals surface area (Å²) in [5.41, 5.74) is 7.65. The summed E-state index contributed by atoms with van der Waals surface area (Å²) >= 11 is 0. The third-order valence-electron chi connectivity index (χ3n) is 4.64. The van der Waals surface area contributed by atoms with Crippen LogP contribution in [-0.4, -0.2) is 24.5 Å². The summed E-state index contributed by atoms with van der Waals surface area (Å²) in [6.45, 7) is 1.96. The fourth-order valence-electron chi connectivity index (χ4n) is 3.12. The molecule has 1 saturated carbocycles. The molecule has 1 aliphatic carbocycles. The summed E-state index contributed by atoms with van der Waals surface area (Å²) in [5, 5.41) is 2.96. The van der Waals surface area contributed by atoms with Crippen molar-refractivity contribution in [1.82, 2.24) is 0 Å². The molecule has 0 saturated heterocycles. The lowest BCUT2D eigenvalue weighted by Crippen LogP contribution is -2.51. The van der Waals surface area contributed by atoms with E-state index in [1.54, 1.807) is 0 Å². The number of carbonyl (C=O) groups is 2. The number of nitrogens with one attached hydrogen (secondary N) is 1. The molecule has 2 unspecified atom stereocenters. The van der Waals surface area contributed by atoms with Gasteiger partial charge in [0, 0.05) is 17.6 Å². The van der Waals surface area contributed by atoms with Gasteiger partial charge in [0.05, 0.1) is 13.0 Å². The standard InChI is InChI=1S/C18H26N2O3/c1-18(19)12-4-3-5-15(18)17(22)20-14-9-6-13(7-10-14)8-11-16(21)23-2/h6-7,9-10,15H,3-5,8,11-12,19H2,1-2H3,(H,20,22). The normalized spacial score (nSPS) is 24.0. The van der Waals surface area contributed by atoms with Crippen LogP contribution in [0.1, 0.15) is 44.6 Å². The quantitative estimate of drug-likeness (QED) is 0.818. The number of hydrogen-bond donors (Lipinski definition) is 2. The molecule has 126 valence electrons. The van der Waals surface area contributed by atoms with Crippen molar-refractivity contribution >= 4 is 17.6 Å². The average molecular weight is 318 g/mol. The summed E-state index contributed by atoms with van der Waals surface area (Å²) in [6, 6.07) is 7.56. The Morgan fingerprint density at radius 1 is 1.30 bits per heavy atom. The minimum absolute atomic E-state index is 0.00277. The number of methoxy groups -OCH3 is 1. The van der Waals surface area contributed by atoms with Crippen LogP contribution in [0.3, 0.4) is 0 Å². The largest absolute Gasteiger partial charge is 0.469 e. The highest BCUT2D eigenvalue weighted by molar-refractivity contribution is 5.93. The number of carbonyl (C=O) groups excluding carboxylic acids is 2. The molecule has 0 aliphatic heterocycles. The lowest BCUT2D eigenvalue weighted by Gasteiger charge is -2.37. The van der Waals surface area contributed by atoms with Crippen molar-refractivity contribution < 1.29 is 14.3 Å². The molecule has 5 heteroatoms. The van der Waals surface area contributed by atoms with Crippen LogP contribution in [0, 0.1) is 5.92 Å². The maximum Gasteiger partial charge on any atom is 0.305 e. The predicted octanol–water partition coefficient (Wildman–Crippen LogP) is 2.64. The zero-order valence-electron chi connectivity index (χ0n) is 13.9. The third kappa shape index (κ3) is 4.79. The summed E-state index contributed by atoms with van der Waals surface area (Å²) < 4.78 is 4.63. The highest BCUT2D eigenvalue weighted by atomic mass is 16.5. The van der Waals surface area contributed by atoms with Gasteiger partial charge < -0.3 is 15.8 Å². The smallest absolute Gasteiger partial charge is 0.305 e. The highest BCUT2D eigenvalue weighted by Crippen LogP contribution is 2.32. The predicted molar refractivity (Wildman–Crippen MR) is 90.0 cm³/mol. The van der Waals surface area contributed by atoms with Gasteiger partial charge in [0.2, 0.25) is 5.91 Å². The Balaban J connectivity index is 1.92. The Kier molecular flexibility index (Phi) is 5.77. The molecule has 23 heavy (non-hydrogen) atoms. The van der Waals surface area contributed by atoms with Crippen LogP contribution in [0.15, 0.2) is 24.3 Å². The Hall–Kier alpha value is -1.88. The van der Waals surface area contributed by atoms with Gasteiger partial charge in [0.15, 0.2) is 0 Å². The van der Waals surface area contributed by atoms with E-state index in [2.05, 4.69) is 10.1 Å². The van der Waals surface area contributed by atoms with Gasteiger partial charge in [0.25, 0.3) is 0 Å². The molecule has 1 amide bonds. The van der Waals surface area contributed by atoms with Gasteiger partial charge in [-0.1, -0.05) is 25.0 Å². The van der Waals surface area contributed by atoms with E-state index in [9.17, 15) is 9.59 Å². The number of ether oxygens (including phenoxy) is 1. The van der Waals surface area contributed by atoms with Crippen LogP contribution in [0.2, 0.25) is 0 Å². The Bertz CT molecular complexity index is 552. The van der Waals surface area contributed by atoms with E-state index in [1.807, 2.05) is 31.2 Å². The molecule has 0 heterocycles. The lowest BCUT2D eigenvalue weighted by molar-refractivity contribution is -0.140. The van der Waals surface area contributed by atoms with Crippen molar-refractivity contribution in [2.24, 2.45) is 11.7 Å². The zero-order valence-corrected chi connectivity index (χ0v) is 13.9. The number of aryl methyl sites for hydroxylation is 1. The Morgan fingerprint density at radius 3 is 2.61 bits per heavy atom. The van der Waals surface area contributed by atoms with Crippen LogP contribution in [0.4, 0.5) is 5.69 Å². The van der Waals surface area contributed by atoms with Crippen LogP contribution in [-0.2, 0) is 20.7 Å². The van der Waals surface area contributed by atoms with Crippen LogP contribution < -0.4 is 11.1 Å². The Labute approximate surface area is 137 Å². The number of rotatable bonds is 5. The molecule has 2 atom stereocenters. The molecular weight excluding hydrogens is 292 g/mol. The van der Waals surface area contributed by atoms with Crippen molar-refractivity contribution in [2.75, 3.05) is 12.4 Å². The molecule has 5 nitrogen and oxygen atoms in total. The van der Waals surface area contributed by atoms with E-state index in [4.69, 9.17) is 5.73 Å². The molecule has 1 aromatic rings. The van der Waals surface area contributed by atoms with Crippen molar-refractivity contribution in [1.29, 1.82) is 0 Å². The Morgan fingerprint density at radius 2 is 2.00 bits per heavy atom. The highest BCUT2D eigenvalue weighted by Gasteiger charge is 2.37. The first kappa shape index (κ1) is 17.5. The third-order valence-corrected chi connectivity index (χ3v) is 4.64. The minimum atomic E-state index is -0.428. The van der Waals surface area contributed by atoms with Gasteiger partial charge in [-0.3, -0.25) is 9.59 Å². The first-order valence-corrected chi connectivity index (χ1v) is 8.18. The molecular formula is C18H26N2O3. The first-order valence-electron chi connectivity index (χ1n) is 8.18. The van der Waals surface area contributed by atoms with Crippen LogP contribution >= 0.6 is 0 Å². The molecule has 3 N–H and O–H groups in total. The monoisotopic (exact) mass is 318 g/mol. The van der Waals surface area contributed by atoms with Gasteiger partial charge >= 0.3 is 5.97 Å². The van der Waals surface area contributed by atoms with Gasteiger partial charge in [-0.15, -0.1) is 0 Å². The minimum Gasteiger partial charge on any atom is -0.469 e. The molecule has 0 bridgehead atoms. The van der Waals surface area contributed by atoms with E-state index in [1.165, 1.54) is 7.11 Å². The van der Waals surface area contributed by atoms with Crippen molar-refractivity contribution in [3.63, 3.8) is 0 Å². The molecule has 2 rings (SSSR count). The van der Waals surface area contributed by atoms with E-state index in [0.717, 1.165) is 36.9 Å². The SMILES string of the molecule is COC(=O)CCc1ccc(NC(=O)C2CCCCC2(C)N)cc1.